The van der Waals surface area contributed by atoms with Crippen LogP contribution in [0.1, 0.15) is 30.4 Å². The van der Waals surface area contributed by atoms with Gasteiger partial charge in [0.1, 0.15) is 5.78 Å². The lowest BCUT2D eigenvalue weighted by Gasteiger charge is -2.33. The van der Waals surface area contributed by atoms with Crippen LogP contribution in [-0.4, -0.2) is 18.8 Å². The third kappa shape index (κ3) is 2.98. The molecule has 0 heterocycles. The van der Waals surface area contributed by atoms with Gasteiger partial charge in [-0.1, -0.05) is 31.8 Å². The van der Waals surface area contributed by atoms with Crippen molar-refractivity contribution in [1.82, 2.24) is 0 Å². The second-order valence-corrected chi connectivity index (χ2v) is 12.0. The number of nitro benzene ring substituents is 1. The van der Waals surface area contributed by atoms with Crippen molar-refractivity contribution in [3.8, 4) is 0 Å². The molecule has 0 amide bonds. The first-order valence-corrected chi connectivity index (χ1v) is 10.7. The van der Waals surface area contributed by atoms with E-state index < -0.39 is 8.07 Å². The molecule has 0 bridgehead atoms. The smallest absolute Gasteiger partial charge is 0.269 e. The Bertz CT molecular complexity index is 519. The number of benzene rings is 1. The number of Topliss-reactive ketones (excluding diaryl/α,β-unsaturated/α-hetero) is 1. The van der Waals surface area contributed by atoms with Gasteiger partial charge in [0.2, 0.25) is 0 Å². The Morgan fingerprint density at radius 3 is 2.25 bits per heavy atom. The number of non-ortho nitro benzene ring substituents is 1. The maximum absolute atomic E-state index is 12.1. The average Bonchev–Trinajstić information content (AvgIpc) is 2.75. The van der Waals surface area contributed by atoms with E-state index in [1.165, 1.54) is 0 Å². The highest BCUT2D eigenvalue weighted by molar-refractivity contribution is 6.77. The van der Waals surface area contributed by atoms with E-state index in [9.17, 15) is 14.9 Å². The summed E-state index contributed by atoms with van der Waals surface area (Å²) in [4.78, 5) is 22.5. The van der Waals surface area contributed by atoms with Gasteiger partial charge in [-0.2, -0.15) is 0 Å². The first kappa shape index (κ1) is 14.9. The summed E-state index contributed by atoms with van der Waals surface area (Å²) in [7, 11) is -1.57. The molecule has 20 heavy (non-hydrogen) atoms. The van der Waals surface area contributed by atoms with Crippen LogP contribution in [0.15, 0.2) is 24.3 Å². The number of hydrogen-bond donors (Lipinski definition) is 0. The maximum atomic E-state index is 12.1. The van der Waals surface area contributed by atoms with E-state index in [0.717, 1.165) is 18.4 Å². The van der Waals surface area contributed by atoms with Crippen molar-refractivity contribution >= 4 is 19.5 Å². The third-order valence-corrected chi connectivity index (χ3v) is 6.75. The molecule has 2 rings (SSSR count). The Hall–Kier alpha value is -1.49. The first-order chi connectivity index (χ1) is 9.30. The van der Waals surface area contributed by atoms with Crippen LogP contribution in [0.4, 0.5) is 5.69 Å². The zero-order valence-electron chi connectivity index (χ0n) is 12.3. The largest absolute Gasteiger partial charge is 0.299 e. The summed E-state index contributed by atoms with van der Waals surface area (Å²) in [5.41, 5.74) is 1.47. The van der Waals surface area contributed by atoms with Crippen LogP contribution in [0, 0.1) is 16.0 Å². The zero-order chi connectivity index (χ0) is 14.9. The van der Waals surface area contributed by atoms with Crippen LogP contribution in [0.25, 0.3) is 0 Å². The molecule has 0 aromatic heterocycles. The van der Waals surface area contributed by atoms with Gasteiger partial charge in [0, 0.05) is 24.5 Å². The lowest BCUT2D eigenvalue weighted by atomic mass is 9.96. The van der Waals surface area contributed by atoms with Crippen LogP contribution in [-0.2, 0) is 4.79 Å². The molecule has 5 heteroatoms. The Morgan fingerprint density at radius 1 is 1.25 bits per heavy atom. The normalized spacial score (nSPS) is 20.9. The summed E-state index contributed by atoms with van der Waals surface area (Å²) >= 11 is 0. The fourth-order valence-corrected chi connectivity index (χ4v) is 6.09. The first-order valence-electron chi connectivity index (χ1n) is 7.08. The zero-order valence-corrected chi connectivity index (χ0v) is 13.3. The van der Waals surface area contributed by atoms with Crippen molar-refractivity contribution < 1.29 is 9.72 Å². The van der Waals surface area contributed by atoms with Crippen molar-refractivity contribution in [3.05, 3.63) is 39.9 Å². The monoisotopic (exact) mass is 291 g/mol. The Labute approximate surface area is 120 Å². The van der Waals surface area contributed by atoms with Gasteiger partial charge in [0.05, 0.1) is 13.0 Å². The van der Waals surface area contributed by atoms with Gasteiger partial charge < -0.3 is 0 Å². The van der Waals surface area contributed by atoms with E-state index in [0.29, 0.717) is 12.2 Å². The van der Waals surface area contributed by atoms with Crippen molar-refractivity contribution in [2.75, 3.05) is 0 Å². The minimum absolute atomic E-state index is 0.112. The number of hydrogen-bond acceptors (Lipinski definition) is 3. The molecule has 2 unspecified atom stereocenters. The van der Waals surface area contributed by atoms with Gasteiger partial charge in [0.15, 0.2) is 0 Å². The third-order valence-electron chi connectivity index (χ3n) is 4.15. The number of nitrogens with zero attached hydrogens (tertiary/aromatic N) is 1. The molecule has 2 atom stereocenters. The van der Waals surface area contributed by atoms with Crippen molar-refractivity contribution in [2.45, 2.75) is 44.4 Å². The van der Waals surface area contributed by atoms with Crippen molar-refractivity contribution in [1.29, 1.82) is 0 Å². The lowest BCUT2D eigenvalue weighted by molar-refractivity contribution is -0.384. The van der Waals surface area contributed by atoms with E-state index in [4.69, 9.17) is 0 Å². The van der Waals surface area contributed by atoms with Crippen LogP contribution < -0.4 is 0 Å². The number of carbonyl (C=O) groups is 1. The summed E-state index contributed by atoms with van der Waals surface area (Å²) < 4.78 is 0. The van der Waals surface area contributed by atoms with E-state index in [-0.39, 0.29) is 22.1 Å². The fraction of sp³-hybridized carbons (Fsp3) is 0.533. The quantitative estimate of drug-likeness (QED) is 0.480. The van der Waals surface area contributed by atoms with E-state index in [1.807, 2.05) is 12.1 Å². The van der Waals surface area contributed by atoms with Crippen LogP contribution in [0.5, 0.6) is 0 Å². The summed E-state index contributed by atoms with van der Waals surface area (Å²) in [6, 6.07) is 6.79. The van der Waals surface area contributed by atoms with Gasteiger partial charge in [-0.25, -0.2) is 0 Å². The second kappa shape index (κ2) is 5.48. The fourth-order valence-electron chi connectivity index (χ4n) is 3.33. The lowest BCUT2D eigenvalue weighted by Crippen LogP contribution is -2.37. The maximum Gasteiger partial charge on any atom is 0.269 e. The molecular formula is C15H21NO3Si. The van der Waals surface area contributed by atoms with E-state index in [1.54, 1.807) is 12.1 Å². The summed E-state index contributed by atoms with van der Waals surface area (Å²) in [6.07, 6.45) is 2.64. The van der Waals surface area contributed by atoms with Gasteiger partial charge in [0.25, 0.3) is 5.69 Å². The predicted molar refractivity (Wildman–Crippen MR) is 81.5 cm³/mol. The highest BCUT2D eigenvalue weighted by atomic mass is 28.3. The average molecular weight is 291 g/mol. The molecular weight excluding hydrogens is 270 g/mol. The number of carbonyl (C=O) groups excluding carboxylic acids is 1. The molecule has 1 aliphatic rings. The minimum Gasteiger partial charge on any atom is -0.299 e. The van der Waals surface area contributed by atoms with Crippen molar-refractivity contribution in [2.24, 2.45) is 5.92 Å². The molecule has 0 N–H and O–H groups in total. The second-order valence-electron chi connectivity index (χ2n) is 6.66. The predicted octanol–water partition coefficient (Wildman–Crippen LogP) is 3.93. The van der Waals surface area contributed by atoms with E-state index >= 15 is 0 Å². The highest BCUT2D eigenvalue weighted by Gasteiger charge is 2.40. The summed E-state index contributed by atoms with van der Waals surface area (Å²) in [5.74, 6) is 0.485. The molecule has 1 aliphatic carbocycles. The summed E-state index contributed by atoms with van der Waals surface area (Å²) in [6.45, 7) is 6.81. The van der Waals surface area contributed by atoms with Crippen LogP contribution in [0.2, 0.25) is 19.6 Å². The standard InChI is InChI=1S/C15H21NO3Si/c1-20(2,3)15(13-5-4-6-14(13)17)11-7-9-12(10-8-11)16(18)19/h7-10,13,15H,4-6H2,1-3H3. The Balaban J connectivity index is 2.36. The number of ketones is 1. The number of rotatable bonds is 4. The molecule has 1 saturated carbocycles. The molecule has 0 saturated heterocycles. The molecule has 0 spiro atoms. The molecule has 108 valence electrons. The Morgan fingerprint density at radius 2 is 1.85 bits per heavy atom. The SMILES string of the molecule is C[Si](C)(C)C(c1ccc([N+](=O)[O-])cc1)C1CCCC1=O. The van der Waals surface area contributed by atoms with Gasteiger partial charge in [-0.3, -0.25) is 14.9 Å². The van der Waals surface area contributed by atoms with Gasteiger partial charge in [-0.15, -0.1) is 0 Å². The molecule has 1 aromatic rings. The van der Waals surface area contributed by atoms with Gasteiger partial charge >= 0.3 is 0 Å². The summed E-state index contributed by atoms with van der Waals surface area (Å²) in [5, 5.41) is 10.7. The molecule has 4 nitrogen and oxygen atoms in total. The molecule has 0 radical (unpaired) electrons. The topological polar surface area (TPSA) is 60.2 Å². The van der Waals surface area contributed by atoms with Crippen molar-refractivity contribution in [3.63, 3.8) is 0 Å². The highest BCUT2D eigenvalue weighted by Crippen LogP contribution is 2.41. The van der Waals surface area contributed by atoms with Gasteiger partial charge in [-0.05, 0) is 23.9 Å². The van der Waals surface area contributed by atoms with Crippen LogP contribution in [0.3, 0.4) is 0 Å². The van der Waals surface area contributed by atoms with Crippen LogP contribution >= 0.6 is 0 Å². The molecule has 1 fully saturated rings. The molecule has 0 aliphatic heterocycles. The van der Waals surface area contributed by atoms with E-state index in [2.05, 4.69) is 19.6 Å². The molecule has 1 aromatic carbocycles. The minimum atomic E-state index is -1.57. The Kier molecular flexibility index (Phi) is 4.08. The number of nitro groups is 1.